The van der Waals surface area contributed by atoms with Crippen LogP contribution in [0, 0.1) is 11.8 Å². The van der Waals surface area contributed by atoms with Crippen LogP contribution in [0.1, 0.15) is 45.1 Å². The molecule has 2 rings (SSSR count). The predicted octanol–water partition coefficient (Wildman–Crippen LogP) is 5.08. The predicted molar refractivity (Wildman–Crippen MR) is 83.9 cm³/mol. The van der Waals surface area contributed by atoms with Crippen molar-refractivity contribution >= 4 is 23.2 Å². The van der Waals surface area contributed by atoms with E-state index < -0.39 is 0 Å². The van der Waals surface area contributed by atoms with E-state index in [0.717, 1.165) is 46.7 Å². The van der Waals surface area contributed by atoms with Gasteiger partial charge >= 0.3 is 0 Å². The Hall–Kier alpha value is -0.240. The minimum absolute atomic E-state index is 0.111. The summed E-state index contributed by atoms with van der Waals surface area (Å²) in [6, 6.07) is 5.64. The van der Waals surface area contributed by atoms with E-state index in [4.69, 9.17) is 28.9 Å². The van der Waals surface area contributed by atoms with Crippen molar-refractivity contribution in [2.75, 3.05) is 0 Å². The molecule has 1 aliphatic rings. The number of nitrogens with two attached hydrogens (primary N) is 1. The first-order valence-corrected chi connectivity index (χ1v) is 7.88. The summed E-state index contributed by atoms with van der Waals surface area (Å²) in [6.07, 6.45) is 5.45. The van der Waals surface area contributed by atoms with Crippen LogP contribution in [0.4, 0.5) is 0 Å². The number of rotatable bonds is 3. The van der Waals surface area contributed by atoms with Crippen LogP contribution >= 0.6 is 23.2 Å². The van der Waals surface area contributed by atoms with Gasteiger partial charge in [-0.2, -0.15) is 0 Å². The van der Waals surface area contributed by atoms with Gasteiger partial charge in [-0.25, -0.2) is 0 Å². The van der Waals surface area contributed by atoms with Crippen LogP contribution in [-0.2, 0) is 6.42 Å². The number of hydrogen-bond donors (Lipinski definition) is 1. The van der Waals surface area contributed by atoms with Gasteiger partial charge in [-0.1, -0.05) is 37.0 Å². The van der Waals surface area contributed by atoms with Crippen molar-refractivity contribution in [3.05, 3.63) is 33.8 Å². The molecule has 1 saturated carbocycles. The van der Waals surface area contributed by atoms with Crippen molar-refractivity contribution < 1.29 is 0 Å². The molecule has 0 aromatic heterocycles. The van der Waals surface area contributed by atoms with Gasteiger partial charge in [0.15, 0.2) is 0 Å². The fourth-order valence-corrected chi connectivity index (χ4v) is 3.50. The lowest BCUT2D eigenvalue weighted by Gasteiger charge is -2.39. The first-order valence-electron chi connectivity index (χ1n) is 7.12. The molecular weight excluding hydrogens is 277 g/mol. The topological polar surface area (TPSA) is 26.0 Å². The quantitative estimate of drug-likeness (QED) is 0.827. The number of halogens is 2. The van der Waals surface area contributed by atoms with Gasteiger partial charge in [-0.15, -0.1) is 0 Å². The normalized spacial score (nSPS) is 27.8. The Kier molecular flexibility index (Phi) is 4.81. The Morgan fingerprint density at radius 1 is 1.26 bits per heavy atom. The molecule has 0 bridgehead atoms. The average Bonchev–Trinajstić information content (AvgIpc) is 2.34. The van der Waals surface area contributed by atoms with Crippen LogP contribution in [0.3, 0.4) is 0 Å². The van der Waals surface area contributed by atoms with Crippen LogP contribution < -0.4 is 5.73 Å². The minimum Gasteiger partial charge on any atom is -0.325 e. The summed E-state index contributed by atoms with van der Waals surface area (Å²) < 4.78 is 0. The van der Waals surface area contributed by atoms with Crippen molar-refractivity contribution in [3.8, 4) is 0 Å². The van der Waals surface area contributed by atoms with E-state index in [1.165, 1.54) is 12.8 Å². The van der Waals surface area contributed by atoms with Gasteiger partial charge in [0.2, 0.25) is 0 Å². The third-order valence-corrected chi connectivity index (χ3v) is 5.12. The highest BCUT2D eigenvalue weighted by Crippen LogP contribution is 2.37. The zero-order valence-electron chi connectivity index (χ0n) is 11.8. The lowest BCUT2D eigenvalue weighted by molar-refractivity contribution is 0.194. The van der Waals surface area contributed by atoms with E-state index in [2.05, 4.69) is 13.8 Å². The Morgan fingerprint density at radius 3 is 2.47 bits per heavy atom. The molecule has 0 spiro atoms. The third kappa shape index (κ3) is 3.87. The van der Waals surface area contributed by atoms with Crippen LogP contribution in [-0.4, -0.2) is 5.54 Å². The summed E-state index contributed by atoms with van der Waals surface area (Å²) >= 11 is 12.3. The molecule has 0 amide bonds. The second-order valence-corrected chi connectivity index (χ2v) is 7.20. The SMILES string of the molecule is CC(C)C1CCC(N)(Cc2cc(Cl)ccc2Cl)CC1. The van der Waals surface area contributed by atoms with E-state index in [0.29, 0.717) is 0 Å². The van der Waals surface area contributed by atoms with E-state index in [1.54, 1.807) is 0 Å². The Labute approximate surface area is 126 Å². The van der Waals surface area contributed by atoms with Gasteiger partial charge in [0, 0.05) is 15.6 Å². The number of hydrogen-bond acceptors (Lipinski definition) is 1. The Bertz CT molecular complexity index is 434. The molecule has 1 nitrogen and oxygen atoms in total. The van der Waals surface area contributed by atoms with E-state index >= 15 is 0 Å². The lowest BCUT2D eigenvalue weighted by Crippen LogP contribution is -2.45. The maximum absolute atomic E-state index is 6.57. The zero-order chi connectivity index (χ0) is 14.0. The molecule has 0 unspecified atom stereocenters. The molecule has 1 aliphatic carbocycles. The summed E-state index contributed by atoms with van der Waals surface area (Å²) in [5, 5.41) is 1.51. The molecule has 106 valence electrons. The highest BCUT2D eigenvalue weighted by atomic mass is 35.5. The van der Waals surface area contributed by atoms with Crippen LogP contribution in [0.15, 0.2) is 18.2 Å². The summed E-state index contributed by atoms with van der Waals surface area (Å²) in [5.74, 6) is 1.59. The fourth-order valence-electron chi connectivity index (χ4n) is 3.12. The summed E-state index contributed by atoms with van der Waals surface area (Å²) in [5.41, 5.74) is 7.54. The highest BCUT2D eigenvalue weighted by molar-refractivity contribution is 6.33. The molecule has 1 fully saturated rings. The van der Waals surface area contributed by atoms with Gasteiger partial charge in [0.25, 0.3) is 0 Å². The summed E-state index contributed by atoms with van der Waals surface area (Å²) in [6.45, 7) is 4.62. The van der Waals surface area contributed by atoms with Gasteiger partial charge in [0.05, 0.1) is 0 Å². The Morgan fingerprint density at radius 2 is 1.89 bits per heavy atom. The van der Waals surface area contributed by atoms with Gasteiger partial charge in [0.1, 0.15) is 0 Å². The van der Waals surface area contributed by atoms with Crippen molar-refractivity contribution in [3.63, 3.8) is 0 Å². The van der Waals surface area contributed by atoms with E-state index in [1.807, 2.05) is 18.2 Å². The van der Waals surface area contributed by atoms with Crippen molar-refractivity contribution in [1.29, 1.82) is 0 Å². The zero-order valence-corrected chi connectivity index (χ0v) is 13.3. The van der Waals surface area contributed by atoms with Crippen LogP contribution in [0.5, 0.6) is 0 Å². The summed E-state index contributed by atoms with van der Waals surface area (Å²) in [7, 11) is 0. The van der Waals surface area contributed by atoms with Crippen LogP contribution in [0.2, 0.25) is 10.0 Å². The largest absolute Gasteiger partial charge is 0.325 e. The maximum Gasteiger partial charge on any atom is 0.0439 e. The second kappa shape index (κ2) is 6.03. The molecule has 0 radical (unpaired) electrons. The van der Waals surface area contributed by atoms with Crippen molar-refractivity contribution in [2.24, 2.45) is 17.6 Å². The fraction of sp³-hybridized carbons (Fsp3) is 0.625. The molecular formula is C16H23Cl2N. The van der Waals surface area contributed by atoms with Gasteiger partial charge in [-0.05, 0) is 67.7 Å². The highest BCUT2D eigenvalue weighted by Gasteiger charge is 2.33. The van der Waals surface area contributed by atoms with Crippen LogP contribution in [0.25, 0.3) is 0 Å². The maximum atomic E-state index is 6.57. The molecule has 2 N–H and O–H groups in total. The lowest BCUT2D eigenvalue weighted by atomic mass is 9.71. The standard InChI is InChI=1S/C16H23Cl2N/c1-11(2)12-5-7-16(19,8-6-12)10-13-9-14(17)3-4-15(13)18/h3-4,9,11-12H,5-8,10,19H2,1-2H3. The molecule has 0 atom stereocenters. The molecule has 3 heteroatoms. The van der Waals surface area contributed by atoms with Gasteiger partial charge in [-0.3, -0.25) is 0 Å². The average molecular weight is 300 g/mol. The minimum atomic E-state index is -0.111. The second-order valence-electron chi connectivity index (χ2n) is 6.36. The molecule has 0 heterocycles. The first kappa shape index (κ1) is 15.2. The molecule has 19 heavy (non-hydrogen) atoms. The molecule has 1 aromatic rings. The Balaban J connectivity index is 2.05. The first-order chi connectivity index (χ1) is 8.89. The molecule has 0 aliphatic heterocycles. The number of benzene rings is 1. The van der Waals surface area contributed by atoms with E-state index in [9.17, 15) is 0 Å². The van der Waals surface area contributed by atoms with Crippen molar-refractivity contribution in [1.82, 2.24) is 0 Å². The van der Waals surface area contributed by atoms with Gasteiger partial charge < -0.3 is 5.73 Å². The summed E-state index contributed by atoms with van der Waals surface area (Å²) in [4.78, 5) is 0. The third-order valence-electron chi connectivity index (χ3n) is 4.52. The smallest absolute Gasteiger partial charge is 0.0439 e. The monoisotopic (exact) mass is 299 g/mol. The molecule has 0 saturated heterocycles. The molecule has 1 aromatic carbocycles. The van der Waals surface area contributed by atoms with Crippen molar-refractivity contribution in [2.45, 2.75) is 51.5 Å². The van der Waals surface area contributed by atoms with E-state index in [-0.39, 0.29) is 5.54 Å².